The first-order valence-corrected chi connectivity index (χ1v) is 4.48. The molecule has 0 radical (unpaired) electrons. The van der Waals surface area contributed by atoms with Gasteiger partial charge in [0.1, 0.15) is 0 Å². The molecule has 0 amide bonds. The summed E-state index contributed by atoms with van der Waals surface area (Å²) in [5, 5.41) is 0. The Labute approximate surface area is 74.6 Å². The van der Waals surface area contributed by atoms with E-state index < -0.39 is 0 Å². The fraction of sp³-hybridized carbons (Fsp3) is 0.700. The topological polar surface area (TPSA) is 26.3 Å². The molecule has 2 heteroatoms. The van der Waals surface area contributed by atoms with E-state index in [2.05, 4.69) is 6.58 Å². The Balaban J connectivity index is 4.46. The van der Waals surface area contributed by atoms with E-state index in [1.807, 2.05) is 20.8 Å². The van der Waals surface area contributed by atoms with Gasteiger partial charge >= 0.3 is 5.97 Å². The lowest BCUT2D eigenvalue weighted by molar-refractivity contribution is -0.150. The molecule has 0 aliphatic heterocycles. The third kappa shape index (κ3) is 2.10. The highest BCUT2D eigenvalue weighted by atomic mass is 16.5. The van der Waals surface area contributed by atoms with Crippen molar-refractivity contribution in [3.05, 3.63) is 12.8 Å². The maximum atomic E-state index is 11.5. The summed E-state index contributed by atoms with van der Waals surface area (Å²) in [6.45, 7) is 9.41. The molecule has 0 rings (SSSR count). The van der Waals surface area contributed by atoms with Gasteiger partial charge in [-0.05, 0) is 19.3 Å². The molecule has 0 aromatic carbocycles. The van der Waals surface area contributed by atoms with Gasteiger partial charge in [0.05, 0.1) is 11.7 Å². The van der Waals surface area contributed by atoms with Crippen LogP contribution in [0.5, 0.6) is 0 Å². The van der Waals surface area contributed by atoms with E-state index in [-0.39, 0.29) is 11.4 Å². The summed E-state index contributed by atoms with van der Waals surface area (Å²) < 4.78 is 4.80. The molecule has 0 spiro atoms. The van der Waals surface area contributed by atoms with Crippen LogP contribution in [0.3, 0.4) is 0 Å². The van der Waals surface area contributed by atoms with E-state index >= 15 is 0 Å². The third-order valence-corrected chi connectivity index (χ3v) is 2.65. The molecule has 0 heterocycles. The van der Waals surface area contributed by atoms with Crippen molar-refractivity contribution in [2.24, 2.45) is 5.41 Å². The van der Waals surface area contributed by atoms with Gasteiger partial charge in [-0.15, -0.1) is 0 Å². The Hall–Kier alpha value is -0.790. The number of rotatable bonds is 5. The summed E-state index contributed by atoms with van der Waals surface area (Å²) in [7, 11) is 0. The summed E-state index contributed by atoms with van der Waals surface area (Å²) >= 11 is 0. The Kier molecular flexibility index (Phi) is 4.64. The van der Waals surface area contributed by atoms with E-state index in [4.69, 9.17) is 4.74 Å². The molecule has 0 aliphatic carbocycles. The second kappa shape index (κ2) is 4.96. The van der Waals surface area contributed by atoms with E-state index in [9.17, 15) is 4.79 Å². The third-order valence-electron chi connectivity index (χ3n) is 2.65. The number of ether oxygens (including phenoxy) is 1. The van der Waals surface area contributed by atoms with Gasteiger partial charge in [0.2, 0.25) is 0 Å². The summed E-state index contributed by atoms with van der Waals surface area (Å²) in [5.74, 6) is -0.148. The van der Waals surface area contributed by atoms with E-state index in [1.165, 1.54) is 6.26 Å². The van der Waals surface area contributed by atoms with E-state index in [1.54, 1.807) is 0 Å². The Morgan fingerprint density at radius 1 is 1.33 bits per heavy atom. The SMILES string of the molecule is C=COC(=O)C(CC)(CC)CC. The predicted molar refractivity (Wildman–Crippen MR) is 49.6 cm³/mol. The van der Waals surface area contributed by atoms with Crippen LogP contribution in [-0.2, 0) is 9.53 Å². The first-order valence-electron chi connectivity index (χ1n) is 4.48. The largest absolute Gasteiger partial charge is 0.435 e. The summed E-state index contributed by atoms with van der Waals surface area (Å²) in [5.41, 5.74) is -0.297. The molecule has 2 nitrogen and oxygen atoms in total. The number of esters is 1. The molecule has 0 unspecified atom stereocenters. The molecule has 0 aliphatic rings. The Morgan fingerprint density at radius 3 is 2.00 bits per heavy atom. The second-order valence-electron chi connectivity index (χ2n) is 2.91. The molecule has 0 aromatic heterocycles. The Bertz CT molecular complexity index is 149. The van der Waals surface area contributed by atoms with Gasteiger partial charge in [-0.2, -0.15) is 0 Å². The average Bonchev–Trinajstić information content (AvgIpc) is 2.09. The van der Waals surface area contributed by atoms with Gasteiger partial charge < -0.3 is 4.74 Å². The minimum Gasteiger partial charge on any atom is -0.435 e. The lowest BCUT2D eigenvalue weighted by atomic mass is 9.80. The van der Waals surface area contributed by atoms with Crippen LogP contribution in [0.1, 0.15) is 40.0 Å². The van der Waals surface area contributed by atoms with Crippen molar-refractivity contribution in [1.82, 2.24) is 0 Å². The minimum absolute atomic E-state index is 0.148. The zero-order chi connectivity index (χ0) is 9.61. The van der Waals surface area contributed by atoms with Crippen molar-refractivity contribution < 1.29 is 9.53 Å². The van der Waals surface area contributed by atoms with Crippen molar-refractivity contribution in [2.75, 3.05) is 0 Å². The van der Waals surface area contributed by atoms with Crippen LogP contribution in [0, 0.1) is 5.41 Å². The monoisotopic (exact) mass is 170 g/mol. The Morgan fingerprint density at radius 2 is 1.75 bits per heavy atom. The highest BCUT2D eigenvalue weighted by molar-refractivity contribution is 5.77. The average molecular weight is 170 g/mol. The molecule has 0 fully saturated rings. The van der Waals surface area contributed by atoms with Crippen LogP contribution in [0.15, 0.2) is 12.8 Å². The zero-order valence-electron chi connectivity index (χ0n) is 8.22. The zero-order valence-corrected chi connectivity index (χ0v) is 8.22. The summed E-state index contributed by atoms with van der Waals surface area (Å²) in [6, 6.07) is 0. The number of carbonyl (C=O) groups is 1. The van der Waals surface area contributed by atoms with Crippen molar-refractivity contribution in [3.63, 3.8) is 0 Å². The second-order valence-corrected chi connectivity index (χ2v) is 2.91. The van der Waals surface area contributed by atoms with Crippen LogP contribution < -0.4 is 0 Å². The van der Waals surface area contributed by atoms with Gasteiger partial charge in [-0.1, -0.05) is 27.4 Å². The fourth-order valence-electron chi connectivity index (χ4n) is 1.38. The summed E-state index contributed by atoms with van der Waals surface area (Å²) in [4.78, 5) is 11.5. The van der Waals surface area contributed by atoms with Crippen molar-refractivity contribution in [3.8, 4) is 0 Å². The standard InChI is InChI=1S/C10H18O2/c1-5-10(6-2,7-3)9(11)12-8-4/h8H,4-7H2,1-3H3. The quantitative estimate of drug-likeness (QED) is 0.468. The molecule has 70 valence electrons. The van der Waals surface area contributed by atoms with Gasteiger partial charge in [-0.3, -0.25) is 4.79 Å². The highest BCUT2D eigenvalue weighted by Crippen LogP contribution is 2.31. The molecule has 12 heavy (non-hydrogen) atoms. The van der Waals surface area contributed by atoms with Crippen molar-refractivity contribution >= 4 is 5.97 Å². The molecule has 0 saturated carbocycles. The van der Waals surface area contributed by atoms with Gasteiger partial charge in [0.15, 0.2) is 0 Å². The van der Waals surface area contributed by atoms with Crippen LogP contribution in [0.4, 0.5) is 0 Å². The molecule has 0 atom stereocenters. The lowest BCUT2D eigenvalue weighted by Crippen LogP contribution is -2.29. The smallest absolute Gasteiger partial charge is 0.316 e. The van der Waals surface area contributed by atoms with Crippen molar-refractivity contribution in [2.45, 2.75) is 40.0 Å². The first-order chi connectivity index (χ1) is 5.66. The minimum atomic E-state index is -0.297. The fourth-order valence-corrected chi connectivity index (χ4v) is 1.38. The van der Waals surface area contributed by atoms with Gasteiger partial charge in [0.25, 0.3) is 0 Å². The van der Waals surface area contributed by atoms with E-state index in [0.29, 0.717) is 0 Å². The first kappa shape index (κ1) is 11.2. The van der Waals surface area contributed by atoms with Crippen LogP contribution in [-0.4, -0.2) is 5.97 Å². The maximum Gasteiger partial charge on any atom is 0.316 e. The molecular weight excluding hydrogens is 152 g/mol. The predicted octanol–water partition coefficient (Wildman–Crippen LogP) is 2.89. The normalized spacial score (nSPS) is 10.9. The molecule has 0 N–H and O–H groups in total. The number of carbonyl (C=O) groups excluding carboxylic acids is 1. The lowest BCUT2D eigenvalue weighted by Gasteiger charge is -2.26. The van der Waals surface area contributed by atoms with Gasteiger partial charge in [0, 0.05) is 0 Å². The highest BCUT2D eigenvalue weighted by Gasteiger charge is 2.33. The van der Waals surface area contributed by atoms with Crippen LogP contribution >= 0.6 is 0 Å². The molecule has 0 saturated heterocycles. The molecule has 0 bridgehead atoms. The molecular formula is C10H18O2. The summed E-state index contributed by atoms with van der Waals surface area (Å²) in [6.07, 6.45) is 3.68. The van der Waals surface area contributed by atoms with Crippen LogP contribution in [0.25, 0.3) is 0 Å². The number of hydrogen-bond acceptors (Lipinski definition) is 2. The molecule has 0 aromatic rings. The number of hydrogen-bond donors (Lipinski definition) is 0. The van der Waals surface area contributed by atoms with Gasteiger partial charge in [-0.25, -0.2) is 0 Å². The van der Waals surface area contributed by atoms with Crippen molar-refractivity contribution in [1.29, 1.82) is 0 Å². The van der Waals surface area contributed by atoms with Crippen LogP contribution in [0.2, 0.25) is 0 Å². The van der Waals surface area contributed by atoms with E-state index in [0.717, 1.165) is 19.3 Å². The maximum absolute atomic E-state index is 11.5.